The molecule has 0 saturated heterocycles. The van der Waals surface area contributed by atoms with E-state index in [1.165, 1.54) is 0 Å². The molecule has 0 aliphatic rings. The highest BCUT2D eigenvalue weighted by molar-refractivity contribution is 6.31. The van der Waals surface area contributed by atoms with Gasteiger partial charge in [0.15, 0.2) is 0 Å². The van der Waals surface area contributed by atoms with Crippen LogP contribution in [0.2, 0.25) is 5.02 Å². The average molecular weight is 485 g/mol. The normalized spacial score (nSPS) is 11.7. The van der Waals surface area contributed by atoms with Crippen LogP contribution < -0.4 is 0 Å². The number of nitrogens with zero attached hydrogens (tertiary/aromatic N) is 2. The standard InChI is InChI=1S/C30H29ClN2O2/c1-2-3-18-28-32-20-25(33(28)21-24-16-10-11-17-27(24)31)19-26(30(34)35)29(22-12-6-4-7-13-22)23-14-8-5-9-15-23/h4-17,19-20,29H,2-3,18,21H2,1H3,(H,34,35). The largest absolute Gasteiger partial charge is 0.478 e. The van der Waals surface area contributed by atoms with Crippen LogP contribution >= 0.6 is 11.6 Å². The van der Waals surface area contributed by atoms with Gasteiger partial charge in [-0.25, -0.2) is 9.78 Å². The Hall–Kier alpha value is -3.63. The first-order valence-electron chi connectivity index (χ1n) is 11.9. The van der Waals surface area contributed by atoms with E-state index in [9.17, 15) is 9.90 Å². The Morgan fingerprint density at radius 1 is 0.971 bits per heavy atom. The molecular weight excluding hydrogens is 456 g/mol. The Morgan fingerprint density at radius 3 is 2.14 bits per heavy atom. The Morgan fingerprint density at radius 2 is 1.57 bits per heavy atom. The first-order chi connectivity index (χ1) is 17.1. The van der Waals surface area contributed by atoms with E-state index in [1.807, 2.05) is 84.9 Å². The summed E-state index contributed by atoms with van der Waals surface area (Å²) < 4.78 is 2.09. The van der Waals surface area contributed by atoms with Crippen LogP contribution in [0.15, 0.2) is 96.7 Å². The van der Waals surface area contributed by atoms with Crippen LogP contribution in [0, 0.1) is 0 Å². The van der Waals surface area contributed by atoms with Gasteiger partial charge in [-0.3, -0.25) is 0 Å². The molecular formula is C30H29ClN2O2. The molecule has 4 nitrogen and oxygen atoms in total. The molecule has 0 saturated carbocycles. The number of benzene rings is 3. The van der Waals surface area contributed by atoms with Gasteiger partial charge in [0.25, 0.3) is 0 Å². The highest BCUT2D eigenvalue weighted by Crippen LogP contribution is 2.33. The summed E-state index contributed by atoms with van der Waals surface area (Å²) in [6.07, 6.45) is 6.42. The van der Waals surface area contributed by atoms with Gasteiger partial charge in [0.2, 0.25) is 0 Å². The number of carboxylic acids is 1. The summed E-state index contributed by atoms with van der Waals surface area (Å²) in [5, 5.41) is 11.1. The number of aryl methyl sites for hydroxylation is 1. The average Bonchev–Trinajstić information content (AvgIpc) is 3.25. The number of halogens is 1. The molecule has 1 heterocycles. The Balaban J connectivity index is 1.85. The van der Waals surface area contributed by atoms with Gasteiger partial charge >= 0.3 is 5.97 Å². The van der Waals surface area contributed by atoms with Gasteiger partial charge in [-0.15, -0.1) is 0 Å². The molecule has 0 radical (unpaired) electrons. The van der Waals surface area contributed by atoms with Gasteiger partial charge in [-0.1, -0.05) is 104 Å². The maximum Gasteiger partial charge on any atom is 0.332 e. The summed E-state index contributed by atoms with van der Waals surface area (Å²) in [6.45, 7) is 2.67. The molecule has 0 unspecified atom stereocenters. The van der Waals surface area contributed by atoms with Crippen LogP contribution in [0.3, 0.4) is 0 Å². The number of aliphatic carboxylic acids is 1. The molecule has 1 N–H and O–H groups in total. The summed E-state index contributed by atoms with van der Waals surface area (Å²) in [6, 6.07) is 27.3. The number of hydrogen-bond donors (Lipinski definition) is 1. The first-order valence-corrected chi connectivity index (χ1v) is 12.3. The van der Waals surface area contributed by atoms with Gasteiger partial charge in [0.05, 0.1) is 24.0 Å². The molecule has 35 heavy (non-hydrogen) atoms. The van der Waals surface area contributed by atoms with Crippen molar-refractivity contribution in [1.82, 2.24) is 9.55 Å². The molecule has 0 bridgehead atoms. The van der Waals surface area contributed by atoms with Crippen molar-refractivity contribution in [2.75, 3.05) is 0 Å². The van der Waals surface area contributed by atoms with Crippen molar-refractivity contribution in [3.05, 3.63) is 130 Å². The SMILES string of the molecule is CCCCc1ncc(C=C(C(=O)O)C(c2ccccc2)c2ccccc2)n1Cc1ccccc1Cl. The number of imidazole rings is 1. The fraction of sp³-hybridized carbons (Fsp3) is 0.200. The van der Waals surface area contributed by atoms with Crippen molar-refractivity contribution in [1.29, 1.82) is 0 Å². The number of hydrogen-bond acceptors (Lipinski definition) is 2. The van der Waals surface area contributed by atoms with Crippen LogP contribution in [-0.4, -0.2) is 20.6 Å². The lowest BCUT2D eigenvalue weighted by molar-refractivity contribution is -0.132. The summed E-state index contributed by atoms with van der Waals surface area (Å²) in [7, 11) is 0. The molecule has 0 aliphatic heterocycles. The van der Waals surface area contributed by atoms with E-state index in [-0.39, 0.29) is 0 Å². The number of carbonyl (C=O) groups is 1. The lowest BCUT2D eigenvalue weighted by atomic mass is 9.84. The molecule has 4 aromatic rings. The molecule has 4 rings (SSSR count). The Bertz CT molecular complexity index is 1260. The molecule has 1 aromatic heterocycles. The quantitative estimate of drug-likeness (QED) is 0.241. The van der Waals surface area contributed by atoms with Gasteiger partial charge < -0.3 is 9.67 Å². The second kappa shape index (κ2) is 11.7. The van der Waals surface area contributed by atoms with Crippen molar-refractivity contribution < 1.29 is 9.90 Å². The van der Waals surface area contributed by atoms with Crippen molar-refractivity contribution in [2.24, 2.45) is 0 Å². The van der Waals surface area contributed by atoms with E-state index in [4.69, 9.17) is 11.6 Å². The molecule has 0 atom stereocenters. The summed E-state index contributed by atoms with van der Waals surface area (Å²) in [5.41, 5.74) is 3.88. The zero-order valence-corrected chi connectivity index (χ0v) is 20.5. The van der Waals surface area contributed by atoms with Crippen molar-refractivity contribution in [3.8, 4) is 0 Å². The second-order valence-corrected chi connectivity index (χ2v) is 8.95. The zero-order valence-electron chi connectivity index (χ0n) is 19.8. The van der Waals surface area contributed by atoms with Crippen LogP contribution in [0.1, 0.15) is 53.9 Å². The minimum atomic E-state index is -0.955. The summed E-state index contributed by atoms with van der Waals surface area (Å²) >= 11 is 6.47. The predicted molar refractivity (Wildman–Crippen MR) is 142 cm³/mol. The fourth-order valence-corrected chi connectivity index (χ4v) is 4.52. The minimum Gasteiger partial charge on any atom is -0.478 e. The minimum absolute atomic E-state index is 0.296. The van der Waals surface area contributed by atoms with Crippen molar-refractivity contribution >= 4 is 23.6 Å². The van der Waals surface area contributed by atoms with E-state index in [0.29, 0.717) is 17.1 Å². The molecule has 0 fully saturated rings. The van der Waals surface area contributed by atoms with E-state index in [2.05, 4.69) is 16.5 Å². The third kappa shape index (κ3) is 5.90. The Labute approximate surface area is 211 Å². The maximum absolute atomic E-state index is 12.7. The lowest BCUT2D eigenvalue weighted by Crippen LogP contribution is -2.14. The molecule has 5 heteroatoms. The van der Waals surface area contributed by atoms with E-state index in [0.717, 1.165) is 47.5 Å². The molecule has 3 aromatic carbocycles. The van der Waals surface area contributed by atoms with Crippen LogP contribution in [0.4, 0.5) is 0 Å². The topological polar surface area (TPSA) is 55.1 Å². The van der Waals surface area contributed by atoms with Gasteiger partial charge in [-0.2, -0.15) is 0 Å². The first kappa shape index (κ1) is 24.5. The number of aromatic nitrogens is 2. The van der Waals surface area contributed by atoms with Gasteiger partial charge in [-0.05, 0) is 35.3 Å². The molecule has 0 amide bonds. The Kier molecular flexibility index (Phi) is 8.17. The second-order valence-electron chi connectivity index (χ2n) is 8.54. The summed E-state index contributed by atoms with van der Waals surface area (Å²) in [4.78, 5) is 17.4. The lowest BCUT2D eigenvalue weighted by Gasteiger charge is -2.20. The van der Waals surface area contributed by atoms with E-state index in [1.54, 1.807) is 12.3 Å². The maximum atomic E-state index is 12.7. The van der Waals surface area contributed by atoms with Crippen molar-refractivity contribution in [2.45, 2.75) is 38.6 Å². The number of rotatable bonds is 10. The van der Waals surface area contributed by atoms with E-state index >= 15 is 0 Å². The predicted octanol–water partition coefficient (Wildman–Crippen LogP) is 7.23. The van der Waals surface area contributed by atoms with Crippen LogP contribution in [-0.2, 0) is 17.8 Å². The molecule has 0 aliphatic carbocycles. The molecule has 0 spiro atoms. The fourth-order valence-electron chi connectivity index (χ4n) is 4.33. The van der Waals surface area contributed by atoms with Gasteiger partial charge in [0, 0.05) is 17.4 Å². The summed E-state index contributed by atoms with van der Waals surface area (Å²) in [5.74, 6) is -0.445. The monoisotopic (exact) mass is 484 g/mol. The number of unbranched alkanes of at least 4 members (excludes halogenated alkanes) is 1. The van der Waals surface area contributed by atoms with Crippen LogP contribution in [0.5, 0.6) is 0 Å². The van der Waals surface area contributed by atoms with Crippen molar-refractivity contribution in [3.63, 3.8) is 0 Å². The number of carboxylic acid groups (broad SMARTS) is 1. The zero-order chi connectivity index (χ0) is 24.6. The highest BCUT2D eigenvalue weighted by Gasteiger charge is 2.25. The third-order valence-corrected chi connectivity index (χ3v) is 6.51. The smallest absolute Gasteiger partial charge is 0.332 e. The van der Waals surface area contributed by atoms with E-state index < -0.39 is 11.9 Å². The third-order valence-electron chi connectivity index (χ3n) is 6.14. The van der Waals surface area contributed by atoms with Crippen LogP contribution in [0.25, 0.3) is 6.08 Å². The highest BCUT2D eigenvalue weighted by atomic mass is 35.5. The molecule has 178 valence electrons. The van der Waals surface area contributed by atoms with Gasteiger partial charge in [0.1, 0.15) is 5.82 Å².